The Morgan fingerprint density at radius 2 is 1.88 bits per heavy atom. The van der Waals surface area contributed by atoms with Crippen LogP contribution in [0.5, 0.6) is 0 Å². The van der Waals surface area contributed by atoms with Crippen LogP contribution in [0.25, 0.3) is 0 Å². The molecule has 3 nitrogen and oxygen atoms in total. The minimum Gasteiger partial charge on any atom is -0.326 e. The first kappa shape index (κ1) is 14.0. The highest BCUT2D eigenvalue weighted by atomic mass is 32.2. The van der Waals surface area contributed by atoms with Crippen LogP contribution in [0.4, 0.5) is 0 Å². The third kappa shape index (κ3) is 2.77. The predicted octanol–water partition coefficient (Wildman–Crippen LogP) is 1.96. The van der Waals surface area contributed by atoms with Crippen molar-refractivity contribution in [2.75, 3.05) is 6.26 Å². The summed E-state index contributed by atoms with van der Waals surface area (Å²) in [5, 5.41) is 0. The van der Waals surface area contributed by atoms with Crippen LogP contribution in [0, 0.1) is 11.8 Å². The molecule has 2 N–H and O–H groups in total. The van der Waals surface area contributed by atoms with E-state index >= 15 is 0 Å². The molecule has 0 radical (unpaired) electrons. The van der Waals surface area contributed by atoms with Gasteiger partial charge in [0.05, 0.1) is 4.75 Å². The maximum absolute atomic E-state index is 11.7. The van der Waals surface area contributed by atoms with Gasteiger partial charge in [0.15, 0.2) is 9.84 Å². The Hall–Kier alpha value is -0.0900. The number of rotatable bonds is 3. The molecule has 0 spiro atoms. The third-order valence-electron chi connectivity index (χ3n) is 4.24. The second-order valence-electron chi connectivity index (χ2n) is 5.93. The van der Waals surface area contributed by atoms with Crippen molar-refractivity contribution in [2.45, 2.75) is 57.2 Å². The topological polar surface area (TPSA) is 60.2 Å². The molecule has 0 aromatic heterocycles. The van der Waals surface area contributed by atoms with Crippen LogP contribution < -0.4 is 5.73 Å². The fraction of sp³-hybridized carbons (Fsp3) is 1.00. The first-order valence-corrected chi connectivity index (χ1v) is 8.00. The molecule has 0 saturated heterocycles. The molecule has 3 unspecified atom stereocenters. The van der Waals surface area contributed by atoms with E-state index in [1.807, 2.05) is 0 Å². The lowest BCUT2D eigenvalue weighted by Crippen LogP contribution is -2.53. The van der Waals surface area contributed by atoms with Gasteiger partial charge < -0.3 is 5.73 Å². The van der Waals surface area contributed by atoms with E-state index in [2.05, 4.69) is 6.92 Å². The van der Waals surface area contributed by atoms with Crippen LogP contribution in [0.3, 0.4) is 0 Å². The van der Waals surface area contributed by atoms with Gasteiger partial charge in [-0.15, -0.1) is 0 Å². The molecular formula is C12H25NO2S. The lowest BCUT2D eigenvalue weighted by Gasteiger charge is -2.39. The molecule has 1 rings (SSSR count). The molecule has 1 saturated carbocycles. The summed E-state index contributed by atoms with van der Waals surface area (Å²) in [7, 11) is -3.09. The zero-order valence-electron chi connectivity index (χ0n) is 10.9. The van der Waals surface area contributed by atoms with Crippen molar-refractivity contribution in [3.8, 4) is 0 Å². The standard InChI is InChI=1S/C12H25NO2S/c1-9-6-5-7-10(8-9)11(13)12(2,3)16(4,14)15/h9-11H,5-8,13H2,1-4H3. The van der Waals surface area contributed by atoms with Crippen molar-refractivity contribution in [2.24, 2.45) is 17.6 Å². The van der Waals surface area contributed by atoms with E-state index in [0.717, 1.165) is 12.8 Å². The third-order valence-corrected chi connectivity index (χ3v) is 6.43. The summed E-state index contributed by atoms with van der Waals surface area (Å²) >= 11 is 0. The van der Waals surface area contributed by atoms with Crippen molar-refractivity contribution in [3.05, 3.63) is 0 Å². The summed E-state index contributed by atoms with van der Waals surface area (Å²) in [4.78, 5) is 0. The molecule has 0 bridgehead atoms. The summed E-state index contributed by atoms with van der Waals surface area (Å²) in [6.45, 7) is 5.74. The van der Waals surface area contributed by atoms with Gasteiger partial charge in [-0.2, -0.15) is 0 Å². The Morgan fingerprint density at radius 1 is 1.31 bits per heavy atom. The van der Waals surface area contributed by atoms with Gasteiger partial charge in [0.25, 0.3) is 0 Å². The molecule has 1 fully saturated rings. The quantitative estimate of drug-likeness (QED) is 0.829. The maximum Gasteiger partial charge on any atom is 0.154 e. The smallest absolute Gasteiger partial charge is 0.154 e. The molecule has 0 aliphatic heterocycles. The fourth-order valence-corrected chi connectivity index (χ4v) is 3.31. The summed E-state index contributed by atoms with van der Waals surface area (Å²) < 4.78 is 22.7. The SMILES string of the molecule is CC1CCCC(C(N)C(C)(C)S(C)(=O)=O)C1. The van der Waals surface area contributed by atoms with Gasteiger partial charge in [0, 0.05) is 12.3 Å². The van der Waals surface area contributed by atoms with E-state index in [9.17, 15) is 8.42 Å². The van der Waals surface area contributed by atoms with Gasteiger partial charge in [0.2, 0.25) is 0 Å². The molecule has 1 aliphatic carbocycles. The van der Waals surface area contributed by atoms with Crippen LogP contribution in [0.15, 0.2) is 0 Å². The van der Waals surface area contributed by atoms with Gasteiger partial charge in [-0.05, 0) is 38.5 Å². The number of sulfone groups is 1. The average Bonchev–Trinajstić information content (AvgIpc) is 2.14. The van der Waals surface area contributed by atoms with Gasteiger partial charge in [-0.3, -0.25) is 0 Å². The highest BCUT2D eigenvalue weighted by Gasteiger charge is 2.41. The molecule has 4 heteroatoms. The van der Waals surface area contributed by atoms with Crippen molar-refractivity contribution in [1.82, 2.24) is 0 Å². The number of nitrogens with two attached hydrogens (primary N) is 1. The van der Waals surface area contributed by atoms with Crippen LogP contribution >= 0.6 is 0 Å². The molecular weight excluding hydrogens is 222 g/mol. The average molecular weight is 247 g/mol. The van der Waals surface area contributed by atoms with Crippen LogP contribution in [0.1, 0.15) is 46.5 Å². The molecule has 96 valence electrons. The monoisotopic (exact) mass is 247 g/mol. The Bertz CT molecular complexity index is 335. The molecule has 16 heavy (non-hydrogen) atoms. The van der Waals surface area contributed by atoms with E-state index in [1.165, 1.54) is 19.1 Å². The molecule has 3 atom stereocenters. The second-order valence-corrected chi connectivity index (χ2v) is 8.53. The highest BCUT2D eigenvalue weighted by molar-refractivity contribution is 7.92. The summed E-state index contributed by atoms with van der Waals surface area (Å²) in [5.74, 6) is 1.04. The first-order valence-electron chi connectivity index (χ1n) is 6.11. The van der Waals surface area contributed by atoms with Gasteiger partial charge in [-0.1, -0.05) is 19.8 Å². The summed E-state index contributed by atoms with van der Waals surface area (Å²) in [6, 6.07) is -0.245. The van der Waals surface area contributed by atoms with E-state index in [-0.39, 0.29) is 6.04 Å². The Labute approximate surface area is 99.7 Å². The number of hydrogen-bond donors (Lipinski definition) is 1. The summed E-state index contributed by atoms with van der Waals surface area (Å²) in [6.07, 6.45) is 5.87. The van der Waals surface area contributed by atoms with Gasteiger partial charge in [0.1, 0.15) is 0 Å². The Balaban J connectivity index is 2.81. The van der Waals surface area contributed by atoms with Gasteiger partial charge in [-0.25, -0.2) is 8.42 Å². The van der Waals surface area contributed by atoms with Crippen LogP contribution in [-0.4, -0.2) is 25.5 Å². The number of hydrogen-bond acceptors (Lipinski definition) is 3. The van der Waals surface area contributed by atoms with E-state index in [4.69, 9.17) is 5.73 Å². The molecule has 0 amide bonds. The zero-order chi connectivity index (χ0) is 12.6. The normalized spacial score (nSPS) is 30.1. The van der Waals surface area contributed by atoms with E-state index < -0.39 is 14.6 Å². The van der Waals surface area contributed by atoms with Crippen LogP contribution in [-0.2, 0) is 9.84 Å². The zero-order valence-corrected chi connectivity index (χ0v) is 11.7. The van der Waals surface area contributed by atoms with Crippen molar-refractivity contribution < 1.29 is 8.42 Å². The second kappa shape index (κ2) is 4.65. The van der Waals surface area contributed by atoms with Crippen LogP contribution in [0.2, 0.25) is 0 Å². The minimum atomic E-state index is -3.09. The lowest BCUT2D eigenvalue weighted by molar-refractivity contribution is 0.224. The summed E-state index contributed by atoms with van der Waals surface area (Å²) in [5.41, 5.74) is 6.20. The predicted molar refractivity (Wildman–Crippen MR) is 68.0 cm³/mol. The van der Waals surface area contributed by atoms with Crippen molar-refractivity contribution >= 4 is 9.84 Å². The van der Waals surface area contributed by atoms with Crippen molar-refractivity contribution in [3.63, 3.8) is 0 Å². The van der Waals surface area contributed by atoms with E-state index in [1.54, 1.807) is 13.8 Å². The lowest BCUT2D eigenvalue weighted by atomic mass is 9.76. The Morgan fingerprint density at radius 3 is 2.31 bits per heavy atom. The largest absolute Gasteiger partial charge is 0.326 e. The minimum absolute atomic E-state index is 0.245. The molecule has 0 aromatic carbocycles. The first-order chi connectivity index (χ1) is 7.16. The fourth-order valence-electron chi connectivity index (χ4n) is 2.62. The highest BCUT2D eigenvalue weighted by Crippen LogP contribution is 2.35. The maximum atomic E-state index is 11.7. The van der Waals surface area contributed by atoms with Gasteiger partial charge >= 0.3 is 0 Å². The Kier molecular flexibility index (Phi) is 4.06. The molecule has 0 aromatic rings. The van der Waals surface area contributed by atoms with Crippen molar-refractivity contribution in [1.29, 1.82) is 0 Å². The molecule has 1 aliphatic rings. The molecule has 0 heterocycles. The van der Waals surface area contributed by atoms with E-state index in [0.29, 0.717) is 11.8 Å².